The predicted octanol–water partition coefficient (Wildman–Crippen LogP) is 2.72. The summed E-state index contributed by atoms with van der Waals surface area (Å²) in [6, 6.07) is 6.49. The van der Waals surface area contributed by atoms with E-state index in [1.165, 1.54) is 12.1 Å². The molecule has 0 aliphatic carbocycles. The van der Waals surface area contributed by atoms with Crippen LogP contribution in [-0.4, -0.2) is 16.5 Å². The standard InChI is InChI=1S/C13H16FN3/c1-2-6-15-9-13-16-8-12(17-13)10-4-3-5-11(14)7-10/h3-5,7-8,15H,2,6,9H2,1H3,(H,16,17). The van der Waals surface area contributed by atoms with Gasteiger partial charge in [-0.15, -0.1) is 0 Å². The van der Waals surface area contributed by atoms with Crippen molar-refractivity contribution >= 4 is 0 Å². The first-order valence-electron chi connectivity index (χ1n) is 5.80. The zero-order valence-corrected chi connectivity index (χ0v) is 9.83. The number of imidazole rings is 1. The Bertz CT molecular complexity index is 479. The molecule has 1 aromatic carbocycles. The van der Waals surface area contributed by atoms with E-state index in [4.69, 9.17) is 0 Å². The Kier molecular flexibility index (Phi) is 3.88. The van der Waals surface area contributed by atoms with Crippen molar-refractivity contribution in [3.63, 3.8) is 0 Å². The van der Waals surface area contributed by atoms with Gasteiger partial charge < -0.3 is 10.3 Å². The molecule has 0 fully saturated rings. The van der Waals surface area contributed by atoms with Gasteiger partial charge in [0.1, 0.15) is 11.6 Å². The minimum absolute atomic E-state index is 0.234. The molecule has 0 bridgehead atoms. The van der Waals surface area contributed by atoms with E-state index in [1.807, 2.05) is 6.07 Å². The second-order valence-corrected chi connectivity index (χ2v) is 3.93. The number of benzene rings is 1. The molecule has 0 aliphatic rings. The molecule has 3 nitrogen and oxygen atoms in total. The van der Waals surface area contributed by atoms with E-state index in [9.17, 15) is 4.39 Å². The Morgan fingerprint density at radius 2 is 2.29 bits per heavy atom. The van der Waals surface area contributed by atoms with Gasteiger partial charge >= 0.3 is 0 Å². The van der Waals surface area contributed by atoms with Gasteiger partial charge in [-0.3, -0.25) is 0 Å². The lowest BCUT2D eigenvalue weighted by molar-refractivity contribution is 0.628. The molecule has 17 heavy (non-hydrogen) atoms. The highest BCUT2D eigenvalue weighted by atomic mass is 19.1. The molecule has 0 aliphatic heterocycles. The third kappa shape index (κ3) is 3.14. The highest BCUT2D eigenvalue weighted by Crippen LogP contribution is 2.17. The number of hydrogen-bond donors (Lipinski definition) is 2. The fourth-order valence-electron chi connectivity index (χ4n) is 1.64. The monoisotopic (exact) mass is 233 g/mol. The summed E-state index contributed by atoms with van der Waals surface area (Å²) in [5.41, 5.74) is 1.66. The maximum absolute atomic E-state index is 13.1. The maximum Gasteiger partial charge on any atom is 0.123 e. The molecule has 0 saturated heterocycles. The molecule has 90 valence electrons. The van der Waals surface area contributed by atoms with Crippen molar-refractivity contribution < 1.29 is 4.39 Å². The van der Waals surface area contributed by atoms with Crippen LogP contribution in [0.5, 0.6) is 0 Å². The molecule has 0 radical (unpaired) electrons. The third-order valence-electron chi connectivity index (χ3n) is 2.48. The van der Waals surface area contributed by atoms with Crippen LogP contribution < -0.4 is 5.32 Å². The quantitative estimate of drug-likeness (QED) is 0.779. The molecule has 2 N–H and O–H groups in total. The van der Waals surface area contributed by atoms with Crippen LogP contribution in [0.15, 0.2) is 30.5 Å². The summed E-state index contributed by atoms with van der Waals surface area (Å²) in [5.74, 6) is 0.639. The summed E-state index contributed by atoms with van der Waals surface area (Å²) in [5, 5.41) is 3.26. The van der Waals surface area contributed by atoms with Crippen molar-refractivity contribution in [2.24, 2.45) is 0 Å². The first-order chi connectivity index (χ1) is 8.29. The van der Waals surface area contributed by atoms with Crippen LogP contribution in [0.2, 0.25) is 0 Å². The van der Waals surface area contributed by atoms with Crippen molar-refractivity contribution in [2.75, 3.05) is 6.54 Å². The number of nitrogens with zero attached hydrogens (tertiary/aromatic N) is 1. The van der Waals surface area contributed by atoms with Gasteiger partial charge in [0.05, 0.1) is 18.4 Å². The highest BCUT2D eigenvalue weighted by molar-refractivity contribution is 5.58. The Balaban J connectivity index is 2.07. The summed E-state index contributed by atoms with van der Waals surface area (Å²) in [6.07, 6.45) is 2.83. The molecule has 1 heterocycles. The van der Waals surface area contributed by atoms with Crippen molar-refractivity contribution in [3.8, 4) is 11.3 Å². The van der Waals surface area contributed by atoms with Crippen LogP contribution in [0, 0.1) is 5.82 Å². The Hall–Kier alpha value is -1.68. The van der Waals surface area contributed by atoms with Crippen LogP contribution in [0.1, 0.15) is 19.2 Å². The van der Waals surface area contributed by atoms with E-state index in [-0.39, 0.29) is 5.82 Å². The summed E-state index contributed by atoms with van der Waals surface area (Å²) in [7, 11) is 0. The fraction of sp³-hybridized carbons (Fsp3) is 0.308. The van der Waals surface area contributed by atoms with E-state index in [0.29, 0.717) is 6.54 Å². The van der Waals surface area contributed by atoms with Crippen LogP contribution in [0.25, 0.3) is 11.3 Å². The Labute approximate surface area is 100 Å². The number of rotatable bonds is 5. The van der Waals surface area contributed by atoms with Gasteiger partial charge in [-0.2, -0.15) is 0 Å². The molecule has 0 amide bonds. The second-order valence-electron chi connectivity index (χ2n) is 3.93. The number of halogens is 1. The molecular weight excluding hydrogens is 217 g/mol. The summed E-state index contributed by atoms with van der Waals surface area (Å²) in [6.45, 7) is 3.80. The minimum Gasteiger partial charge on any atom is -0.341 e. The average Bonchev–Trinajstić information content (AvgIpc) is 2.78. The van der Waals surface area contributed by atoms with Gasteiger partial charge in [-0.25, -0.2) is 9.37 Å². The van der Waals surface area contributed by atoms with Crippen LogP contribution in [-0.2, 0) is 6.54 Å². The number of aromatic amines is 1. The lowest BCUT2D eigenvalue weighted by Crippen LogP contribution is -2.14. The van der Waals surface area contributed by atoms with Crippen LogP contribution in [0.3, 0.4) is 0 Å². The molecule has 1 aromatic heterocycles. The topological polar surface area (TPSA) is 40.7 Å². The fourth-order valence-corrected chi connectivity index (χ4v) is 1.64. The molecule has 0 unspecified atom stereocenters. The highest BCUT2D eigenvalue weighted by Gasteiger charge is 2.03. The van der Waals surface area contributed by atoms with Gasteiger partial charge in [-0.1, -0.05) is 19.1 Å². The minimum atomic E-state index is -0.234. The number of aromatic nitrogens is 2. The molecule has 0 spiro atoms. The number of nitrogens with one attached hydrogen (secondary N) is 2. The number of H-pyrrole nitrogens is 1. The van der Waals surface area contributed by atoms with E-state index >= 15 is 0 Å². The lowest BCUT2D eigenvalue weighted by Gasteiger charge is -1.99. The molecule has 2 aromatic rings. The first-order valence-corrected chi connectivity index (χ1v) is 5.80. The zero-order chi connectivity index (χ0) is 12.1. The molecular formula is C13H16FN3. The van der Waals surface area contributed by atoms with Crippen molar-refractivity contribution in [2.45, 2.75) is 19.9 Å². The maximum atomic E-state index is 13.1. The van der Waals surface area contributed by atoms with E-state index in [1.54, 1.807) is 12.3 Å². The van der Waals surface area contributed by atoms with Gasteiger partial charge in [0.2, 0.25) is 0 Å². The summed E-state index contributed by atoms with van der Waals surface area (Å²) in [4.78, 5) is 7.43. The summed E-state index contributed by atoms with van der Waals surface area (Å²) >= 11 is 0. The van der Waals surface area contributed by atoms with Crippen molar-refractivity contribution in [3.05, 3.63) is 42.1 Å². The zero-order valence-electron chi connectivity index (χ0n) is 9.83. The van der Waals surface area contributed by atoms with Gasteiger partial charge in [0, 0.05) is 5.56 Å². The average molecular weight is 233 g/mol. The molecule has 0 atom stereocenters. The lowest BCUT2D eigenvalue weighted by atomic mass is 10.2. The van der Waals surface area contributed by atoms with Gasteiger partial charge in [0.25, 0.3) is 0 Å². The third-order valence-corrected chi connectivity index (χ3v) is 2.48. The molecule has 0 saturated carbocycles. The molecule has 4 heteroatoms. The van der Waals surface area contributed by atoms with Gasteiger partial charge in [0.15, 0.2) is 0 Å². The first kappa shape index (κ1) is 11.8. The predicted molar refractivity (Wildman–Crippen MR) is 66.0 cm³/mol. The smallest absolute Gasteiger partial charge is 0.123 e. The normalized spacial score (nSPS) is 10.7. The van der Waals surface area contributed by atoms with Crippen LogP contribution in [0.4, 0.5) is 4.39 Å². The van der Waals surface area contributed by atoms with Crippen molar-refractivity contribution in [1.29, 1.82) is 0 Å². The number of hydrogen-bond acceptors (Lipinski definition) is 2. The Morgan fingerprint density at radius 1 is 1.41 bits per heavy atom. The van der Waals surface area contributed by atoms with Gasteiger partial charge in [-0.05, 0) is 25.1 Å². The van der Waals surface area contributed by atoms with Crippen molar-refractivity contribution in [1.82, 2.24) is 15.3 Å². The summed E-state index contributed by atoms with van der Waals surface area (Å²) < 4.78 is 13.1. The van der Waals surface area contributed by atoms with E-state index in [0.717, 1.165) is 30.0 Å². The largest absolute Gasteiger partial charge is 0.341 e. The SMILES string of the molecule is CCCNCc1ncc(-c2cccc(F)c2)[nH]1. The second kappa shape index (κ2) is 5.59. The van der Waals surface area contributed by atoms with Crippen LogP contribution >= 0.6 is 0 Å². The van der Waals surface area contributed by atoms with E-state index in [2.05, 4.69) is 22.2 Å². The molecule has 2 rings (SSSR count). The van der Waals surface area contributed by atoms with E-state index < -0.39 is 0 Å². The Morgan fingerprint density at radius 3 is 3.06 bits per heavy atom.